The van der Waals surface area contributed by atoms with Crippen LogP contribution in [0.2, 0.25) is 0 Å². The second-order valence-electron chi connectivity index (χ2n) is 10.5. The van der Waals surface area contributed by atoms with Crippen molar-refractivity contribution in [3.05, 3.63) is 130 Å². The lowest BCUT2D eigenvalue weighted by atomic mass is 9.77. The number of hydrogen-bond donors (Lipinski definition) is 1. The SMILES string of the molecule is CC(C)Oc1cc(C(Cc2ccccc2)(NC(=O)c2cccc(C(F)(F)F)c2)c2ccc(OC(F)(F)C(F)F)cc2F)ccc1F. The van der Waals surface area contributed by atoms with Gasteiger partial charge in [0.25, 0.3) is 5.91 Å². The lowest BCUT2D eigenvalue weighted by Crippen LogP contribution is -2.49. The smallest absolute Gasteiger partial charge is 0.461 e. The molecule has 4 aromatic rings. The van der Waals surface area contributed by atoms with Crippen LogP contribution in [-0.2, 0) is 18.1 Å². The minimum absolute atomic E-state index is 0.0146. The van der Waals surface area contributed by atoms with Crippen molar-refractivity contribution >= 4 is 5.91 Å². The summed E-state index contributed by atoms with van der Waals surface area (Å²) in [4.78, 5) is 13.7. The predicted molar refractivity (Wildman–Crippen MR) is 150 cm³/mol. The topological polar surface area (TPSA) is 47.6 Å². The van der Waals surface area contributed by atoms with Crippen LogP contribution in [-0.4, -0.2) is 24.5 Å². The molecular formula is C33H26F9NO3. The average molecular weight is 656 g/mol. The molecule has 0 saturated carbocycles. The van der Waals surface area contributed by atoms with E-state index in [0.717, 1.165) is 36.4 Å². The van der Waals surface area contributed by atoms with Gasteiger partial charge in [0.05, 0.1) is 17.2 Å². The first-order valence-corrected chi connectivity index (χ1v) is 13.7. The van der Waals surface area contributed by atoms with Gasteiger partial charge in [-0.2, -0.15) is 30.7 Å². The summed E-state index contributed by atoms with van der Waals surface area (Å²) in [5.74, 6) is -4.55. The largest absolute Gasteiger partial charge is 0.488 e. The summed E-state index contributed by atoms with van der Waals surface area (Å²) in [6.07, 6.45) is -14.9. The Kier molecular flexibility index (Phi) is 9.93. The van der Waals surface area contributed by atoms with E-state index < -0.39 is 70.3 Å². The molecule has 244 valence electrons. The number of hydrogen-bond acceptors (Lipinski definition) is 3. The third-order valence-electron chi connectivity index (χ3n) is 6.79. The van der Waals surface area contributed by atoms with E-state index in [2.05, 4.69) is 10.1 Å². The van der Waals surface area contributed by atoms with E-state index in [1.165, 1.54) is 12.1 Å². The Morgan fingerprint density at radius 1 is 0.783 bits per heavy atom. The van der Waals surface area contributed by atoms with Crippen molar-refractivity contribution in [1.29, 1.82) is 0 Å². The van der Waals surface area contributed by atoms with Crippen molar-refractivity contribution in [1.82, 2.24) is 5.32 Å². The van der Waals surface area contributed by atoms with Crippen molar-refractivity contribution in [2.45, 2.75) is 50.6 Å². The third kappa shape index (κ3) is 7.75. The summed E-state index contributed by atoms with van der Waals surface area (Å²) < 4.78 is 134. The molecule has 4 rings (SSSR count). The minimum atomic E-state index is -4.97. The molecule has 1 atom stereocenters. The molecule has 1 unspecified atom stereocenters. The summed E-state index contributed by atoms with van der Waals surface area (Å²) in [5, 5.41) is 2.60. The summed E-state index contributed by atoms with van der Waals surface area (Å²) in [7, 11) is 0. The van der Waals surface area contributed by atoms with Crippen LogP contribution in [0, 0.1) is 11.6 Å². The van der Waals surface area contributed by atoms with E-state index in [9.17, 15) is 39.9 Å². The van der Waals surface area contributed by atoms with Gasteiger partial charge in [-0.1, -0.05) is 42.5 Å². The van der Waals surface area contributed by atoms with Crippen LogP contribution in [0.5, 0.6) is 11.5 Å². The number of nitrogens with one attached hydrogen (secondary N) is 1. The van der Waals surface area contributed by atoms with Gasteiger partial charge in [0, 0.05) is 23.6 Å². The van der Waals surface area contributed by atoms with Crippen LogP contribution in [0.25, 0.3) is 0 Å². The molecule has 0 aliphatic heterocycles. The summed E-state index contributed by atoms with van der Waals surface area (Å²) in [6, 6.07) is 16.9. The molecule has 0 aliphatic rings. The van der Waals surface area contributed by atoms with Crippen molar-refractivity contribution in [2.75, 3.05) is 0 Å². The molecule has 1 N–H and O–H groups in total. The molecule has 0 spiro atoms. The van der Waals surface area contributed by atoms with E-state index in [-0.39, 0.29) is 17.7 Å². The Balaban J connectivity index is 1.97. The quantitative estimate of drug-likeness (QED) is 0.164. The van der Waals surface area contributed by atoms with Crippen molar-refractivity contribution in [3.8, 4) is 11.5 Å². The lowest BCUT2D eigenvalue weighted by Gasteiger charge is -2.37. The number of alkyl halides is 7. The molecular weight excluding hydrogens is 629 g/mol. The number of amides is 1. The molecule has 46 heavy (non-hydrogen) atoms. The number of benzene rings is 4. The molecule has 13 heteroatoms. The normalized spacial score (nSPS) is 13.4. The van der Waals surface area contributed by atoms with Crippen LogP contribution in [0.1, 0.15) is 46.5 Å². The maximum atomic E-state index is 16.1. The second kappa shape index (κ2) is 13.4. The van der Waals surface area contributed by atoms with Crippen LogP contribution in [0.15, 0.2) is 91.0 Å². The summed E-state index contributed by atoms with van der Waals surface area (Å²) >= 11 is 0. The zero-order chi connectivity index (χ0) is 33.9. The predicted octanol–water partition coefficient (Wildman–Crippen LogP) is 8.92. The minimum Gasteiger partial charge on any atom is -0.488 e. The Labute approximate surface area is 257 Å². The van der Waals surface area contributed by atoms with Crippen molar-refractivity contribution in [3.63, 3.8) is 0 Å². The summed E-state index contributed by atoms with van der Waals surface area (Å²) in [6.45, 7) is 3.21. The van der Waals surface area contributed by atoms with Crippen LogP contribution >= 0.6 is 0 Å². The van der Waals surface area contributed by atoms with Gasteiger partial charge in [0.15, 0.2) is 11.6 Å². The highest BCUT2D eigenvalue weighted by molar-refractivity contribution is 5.95. The molecule has 0 heterocycles. The van der Waals surface area contributed by atoms with Gasteiger partial charge in [0.1, 0.15) is 11.6 Å². The highest BCUT2D eigenvalue weighted by Crippen LogP contribution is 2.40. The molecule has 0 bridgehead atoms. The first-order valence-electron chi connectivity index (χ1n) is 13.7. The van der Waals surface area contributed by atoms with Gasteiger partial charge in [0.2, 0.25) is 0 Å². The number of ether oxygens (including phenoxy) is 2. The molecule has 4 aromatic carbocycles. The fourth-order valence-electron chi connectivity index (χ4n) is 4.76. The Morgan fingerprint density at radius 3 is 2.09 bits per heavy atom. The van der Waals surface area contributed by atoms with Crippen LogP contribution in [0.3, 0.4) is 0 Å². The monoisotopic (exact) mass is 655 g/mol. The number of halogens is 9. The van der Waals surface area contributed by atoms with Crippen LogP contribution < -0.4 is 14.8 Å². The van der Waals surface area contributed by atoms with Gasteiger partial charge in [-0.25, -0.2) is 8.78 Å². The van der Waals surface area contributed by atoms with E-state index in [0.29, 0.717) is 17.7 Å². The van der Waals surface area contributed by atoms with Crippen LogP contribution in [0.4, 0.5) is 39.5 Å². The highest BCUT2D eigenvalue weighted by Gasteiger charge is 2.45. The van der Waals surface area contributed by atoms with Gasteiger partial charge in [-0.3, -0.25) is 4.79 Å². The standard InChI is InChI=1S/C33H26F9NO3/c1-19(2)45-28-16-22(11-14-26(28)34)31(18-20-7-4-3-5-8-20,43-29(44)21-9-6-10-23(15-21)32(38,39)40)25-13-12-24(17-27(25)35)46-33(41,42)30(36)37/h3-17,19,30H,18H2,1-2H3,(H,43,44). The van der Waals surface area contributed by atoms with Gasteiger partial charge in [-0.15, -0.1) is 0 Å². The van der Waals surface area contributed by atoms with E-state index in [1.807, 2.05) is 0 Å². The fraction of sp³-hybridized carbons (Fsp3) is 0.242. The fourth-order valence-corrected chi connectivity index (χ4v) is 4.76. The summed E-state index contributed by atoms with van der Waals surface area (Å²) in [5.41, 5.74) is -3.69. The van der Waals surface area contributed by atoms with Gasteiger partial charge >= 0.3 is 18.7 Å². The zero-order valence-electron chi connectivity index (χ0n) is 24.1. The molecule has 0 saturated heterocycles. The third-order valence-corrected chi connectivity index (χ3v) is 6.79. The average Bonchev–Trinajstić information content (AvgIpc) is 2.97. The highest BCUT2D eigenvalue weighted by atomic mass is 19.4. The number of rotatable bonds is 11. The van der Waals surface area contributed by atoms with E-state index >= 15 is 4.39 Å². The second-order valence-corrected chi connectivity index (χ2v) is 10.5. The molecule has 0 radical (unpaired) electrons. The lowest BCUT2D eigenvalue weighted by molar-refractivity contribution is -0.253. The van der Waals surface area contributed by atoms with Crippen molar-refractivity contribution < 1.29 is 53.8 Å². The number of carbonyl (C=O) groups excluding carboxylic acids is 1. The molecule has 4 nitrogen and oxygen atoms in total. The molecule has 0 aromatic heterocycles. The number of carbonyl (C=O) groups is 1. The van der Waals surface area contributed by atoms with E-state index in [1.54, 1.807) is 44.2 Å². The van der Waals surface area contributed by atoms with Gasteiger partial charge in [-0.05, 0) is 67.4 Å². The van der Waals surface area contributed by atoms with Gasteiger partial charge < -0.3 is 14.8 Å². The first-order chi connectivity index (χ1) is 21.5. The zero-order valence-corrected chi connectivity index (χ0v) is 24.1. The Morgan fingerprint density at radius 2 is 1.48 bits per heavy atom. The van der Waals surface area contributed by atoms with Crippen molar-refractivity contribution in [2.24, 2.45) is 0 Å². The maximum Gasteiger partial charge on any atom is 0.461 e. The maximum absolute atomic E-state index is 16.1. The molecule has 0 fully saturated rings. The Hall–Kier alpha value is -4.68. The molecule has 1 amide bonds. The molecule has 0 aliphatic carbocycles. The Bertz CT molecular complexity index is 1680. The first kappa shape index (κ1) is 34.2. The van der Waals surface area contributed by atoms with E-state index in [4.69, 9.17) is 4.74 Å².